The lowest BCUT2D eigenvalue weighted by atomic mass is 10.1. The SMILES string of the molecule is COCCN(C[C@@H]1CN(C[C@@H](O)COCC(C)C)CCO1)C(=O)c1ccc(OC)cc1. The number of hydrogen-bond acceptors (Lipinski definition) is 7. The quantitative estimate of drug-likeness (QED) is 0.500. The van der Waals surface area contributed by atoms with E-state index in [1.54, 1.807) is 43.4 Å². The number of methoxy groups -OCH3 is 2. The number of aliphatic hydroxyl groups is 1. The lowest BCUT2D eigenvalue weighted by Gasteiger charge is -2.36. The minimum Gasteiger partial charge on any atom is -0.497 e. The van der Waals surface area contributed by atoms with Crippen molar-refractivity contribution in [1.29, 1.82) is 0 Å². The number of carbonyl (C=O) groups excluding carboxylic acids is 1. The summed E-state index contributed by atoms with van der Waals surface area (Å²) >= 11 is 0. The Balaban J connectivity index is 1.91. The fraction of sp³-hybridized carbons (Fsp3) is 0.696. The molecule has 0 aromatic heterocycles. The van der Waals surface area contributed by atoms with Crippen molar-refractivity contribution in [2.24, 2.45) is 5.92 Å². The van der Waals surface area contributed by atoms with Crippen LogP contribution in [-0.4, -0.2) is 106 Å². The summed E-state index contributed by atoms with van der Waals surface area (Å²) < 4.78 is 21.8. The first-order valence-electron chi connectivity index (χ1n) is 10.9. The fourth-order valence-electron chi connectivity index (χ4n) is 3.49. The van der Waals surface area contributed by atoms with Gasteiger partial charge in [-0.15, -0.1) is 0 Å². The molecule has 0 bridgehead atoms. The van der Waals surface area contributed by atoms with Gasteiger partial charge < -0.3 is 29.0 Å². The van der Waals surface area contributed by atoms with Gasteiger partial charge in [0.25, 0.3) is 5.91 Å². The van der Waals surface area contributed by atoms with Crippen molar-refractivity contribution >= 4 is 5.91 Å². The third-order valence-corrected chi connectivity index (χ3v) is 5.07. The second-order valence-corrected chi connectivity index (χ2v) is 8.31. The van der Waals surface area contributed by atoms with Crippen LogP contribution in [0.5, 0.6) is 5.75 Å². The topological polar surface area (TPSA) is 80.7 Å². The van der Waals surface area contributed by atoms with Gasteiger partial charge in [-0.25, -0.2) is 0 Å². The van der Waals surface area contributed by atoms with Crippen LogP contribution in [0.3, 0.4) is 0 Å². The van der Waals surface area contributed by atoms with Crippen LogP contribution in [0.15, 0.2) is 24.3 Å². The summed E-state index contributed by atoms with van der Waals surface area (Å²) in [4.78, 5) is 17.0. The molecule has 0 unspecified atom stereocenters. The number of β-amino-alcohol motifs (C(OH)–C–C–N with tert-alkyl or cyclic N) is 1. The Morgan fingerprint density at radius 3 is 2.65 bits per heavy atom. The molecule has 0 aliphatic carbocycles. The molecular weight excluding hydrogens is 400 g/mol. The van der Waals surface area contributed by atoms with E-state index in [0.717, 1.165) is 6.54 Å². The van der Waals surface area contributed by atoms with Gasteiger partial charge in [0.1, 0.15) is 5.75 Å². The minimum absolute atomic E-state index is 0.0671. The third-order valence-electron chi connectivity index (χ3n) is 5.07. The van der Waals surface area contributed by atoms with Crippen molar-refractivity contribution in [3.8, 4) is 5.75 Å². The molecule has 0 spiro atoms. The number of ether oxygens (including phenoxy) is 4. The monoisotopic (exact) mass is 438 g/mol. The van der Waals surface area contributed by atoms with E-state index in [-0.39, 0.29) is 12.0 Å². The first-order valence-corrected chi connectivity index (χ1v) is 10.9. The Morgan fingerprint density at radius 1 is 1.26 bits per heavy atom. The van der Waals surface area contributed by atoms with E-state index in [4.69, 9.17) is 18.9 Å². The number of aliphatic hydroxyl groups excluding tert-OH is 1. The number of nitrogens with zero attached hydrogens (tertiary/aromatic N) is 2. The first-order chi connectivity index (χ1) is 14.9. The van der Waals surface area contributed by atoms with E-state index >= 15 is 0 Å². The molecule has 1 heterocycles. The van der Waals surface area contributed by atoms with Crippen LogP contribution >= 0.6 is 0 Å². The van der Waals surface area contributed by atoms with Crippen LogP contribution in [0.2, 0.25) is 0 Å². The van der Waals surface area contributed by atoms with Gasteiger partial charge in [-0.2, -0.15) is 0 Å². The fourth-order valence-corrected chi connectivity index (χ4v) is 3.49. The van der Waals surface area contributed by atoms with Gasteiger partial charge in [0.05, 0.1) is 39.1 Å². The summed E-state index contributed by atoms with van der Waals surface area (Å²) in [6.07, 6.45) is -0.667. The Hall–Kier alpha value is -1.71. The van der Waals surface area contributed by atoms with E-state index < -0.39 is 6.10 Å². The lowest BCUT2D eigenvalue weighted by Crippen LogP contribution is -2.51. The highest BCUT2D eigenvalue weighted by Gasteiger charge is 2.26. The van der Waals surface area contributed by atoms with Gasteiger partial charge >= 0.3 is 0 Å². The molecule has 1 amide bonds. The number of benzene rings is 1. The lowest BCUT2D eigenvalue weighted by molar-refractivity contribution is -0.0605. The van der Waals surface area contributed by atoms with Gasteiger partial charge in [-0.3, -0.25) is 9.69 Å². The van der Waals surface area contributed by atoms with Crippen LogP contribution in [0.4, 0.5) is 0 Å². The molecule has 2 atom stereocenters. The summed E-state index contributed by atoms with van der Waals surface area (Å²) in [7, 11) is 3.22. The molecule has 8 nitrogen and oxygen atoms in total. The zero-order valence-electron chi connectivity index (χ0n) is 19.3. The molecule has 0 saturated carbocycles. The maximum absolute atomic E-state index is 13.1. The van der Waals surface area contributed by atoms with E-state index in [0.29, 0.717) is 69.8 Å². The average molecular weight is 439 g/mol. The Labute approximate surface area is 186 Å². The third kappa shape index (κ3) is 9.13. The Morgan fingerprint density at radius 2 is 2.00 bits per heavy atom. The molecule has 2 rings (SSSR count). The highest BCUT2D eigenvalue weighted by Crippen LogP contribution is 2.15. The summed E-state index contributed by atoms with van der Waals surface area (Å²) in [5, 5.41) is 10.3. The first kappa shape index (κ1) is 25.5. The highest BCUT2D eigenvalue weighted by molar-refractivity contribution is 5.94. The molecule has 8 heteroatoms. The number of hydrogen-bond donors (Lipinski definition) is 1. The molecule has 1 aromatic carbocycles. The molecule has 1 aliphatic rings. The largest absolute Gasteiger partial charge is 0.497 e. The van der Waals surface area contributed by atoms with Gasteiger partial charge in [-0.1, -0.05) is 13.8 Å². The molecule has 31 heavy (non-hydrogen) atoms. The molecule has 0 radical (unpaired) electrons. The van der Waals surface area contributed by atoms with Crippen molar-refractivity contribution in [2.45, 2.75) is 26.1 Å². The zero-order valence-corrected chi connectivity index (χ0v) is 19.3. The number of morpholine rings is 1. The second kappa shape index (κ2) is 13.6. The van der Waals surface area contributed by atoms with E-state index in [1.165, 1.54) is 0 Å². The van der Waals surface area contributed by atoms with Crippen LogP contribution in [0.25, 0.3) is 0 Å². The van der Waals surface area contributed by atoms with E-state index in [1.807, 2.05) is 0 Å². The Bertz CT molecular complexity index is 639. The number of rotatable bonds is 13. The second-order valence-electron chi connectivity index (χ2n) is 8.31. The van der Waals surface area contributed by atoms with Crippen molar-refractivity contribution in [2.75, 3.05) is 73.4 Å². The summed E-state index contributed by atoms with van der Waals surface area (Å²) in [5.41, 5.74) is 0.599. The van der Waals surface area contributed by atoms with Crippen molar-refractivity contribution in [3.05, 3.63) is 29.8 Å². The predicted octanol–water partition coefficient (Wildman–Crippen LogP) is 1.52. The molecule has 1 aliphatic heterocycles. The maximum Gasteiger partial charge on any atom is 0.254 e. The molecular formula is C23H38N2O6. The molecule has 1 saturated heterocycles. The highest BCUT2D eigenvalue weighted by atomic mass is 16.5. The summed E-state index contributed by atoms with van der Waals surface area (Å²) in [6.45, 7) is 9.04. The molecule has 1 aromatic rings. The van der Waals surface area contributed by atoms with Gasteiger partial charge in [-0.05, 0) is 30.2 Å². The normalized spacial score (nSPS) is 18.2. The number of carbonyl (C=O) groups is 1. The van der Waals surface area contributed by atoms with Gasteiger partial charge in [0.2, 0.25) is 0 Å². The van der Waals surface area contributed by atoms with E-state index in [2.05, 4.69) is 18.7 Å². The smallest absolute Gasteiger partial charge is 0.254 e. The van der Waals surface area contributed by atoms with E-state index in [9.17, 15) is 9.90 Å². The van der Waals surface area contributed by atoms with Crippen LogP contribution in [0, 0.1) is 5.92 Å². The van der Waals surface area contributed by atoms with Crippen LogP contribution in [-0.2, 0) is 14.2 Å². The van der Waals surface area contributed by atoms with Crippen molar-refractivity contribution in [1.82, 2.24) is 9.80 Å². The standard InChI is InChI=1S/C23H38N2O6/c1-18(2)16-30-17-20(26)13-24-9-12-31-22(14-24)15-25(10-11-28-3)23(27)19-5-7-21(29-4)8-6-19/h5-8,18,20,22,26H,9-17H2,1-4H3/t20-,22+/m1/s1. The predicted molar refractivity (Wildman–Crippen MR) is 119 cm³/mol. The van der Waals surface area contributed by atoms with Crippen molar-refractivity contribution < 1.29 is 28.8 Å². The zero-order chi connectivity index (χ0) is 22.6. The Kier molecular flexibility index (Phi) is 11.2. The average Bonchev–Trinajstić information content (AvgIpc) is 2.76. The maximum atomic E-state index is 13.1. The number of amides is 1. The minimum atomic E-state index is -0.539. The summed E-state index contributed by atoms with van der Waals surface area (Å²) in [5.74, 6) is 1.09. The van der Waals surface area contributed by atoms with Gasteiger partial charge in [0.15, 0.2) is 0 Å². The molecule has 1 fully saturated rings. The van der Waals surface area contributed by atoms with Crippen molar-refractivity contribution in [3.63, 3.8) is 0 Å². The van der Waals surface area contributed by atoms with Crippen LogP contribution in [0.1, 0.15) is 24.2 Å². The summed E-state index contributed by atoms with van der Waals surface area (Å²) in [6, 6.07) is 7.09. The van der Waals surface area contributed by atoms with Crippen LogP contribution < -0.4 is 4.74 Å². The molecule has 176 valence electrons. The van der Waals surface area contributed by atoms with Gasteiger partial charge in [0, 0.05) is 52.0 Å². The molecule has 1 N–H and O–H groups in total.